The fourth-order valence-electron chi connectivity index (χ4n) is 5.04. The molecule has 2 aromatic heterocycles. The number of nitrogens with zero attached hydrogens (tertiary/aromatic N) is 2. The first-order valence-corrected chi connectivity index (χ1v) is 19.5. The predicted octanol–water partition coefficient (Wildman–Crippen LogP) is 7.48. The summed E-state index contributed by atoms with van der Waals surface area (Å²) >= 11 is 0. The number of ether oxygens (including phenoxy) is 4. The van der Waals surface area contributed by atoms with E-state index in [-0.39, 0.29) is 63.6 Å². The summed E-state index contributed by atoms with van der Waals surface area (Å²) in [6, 6.07) is 15.7. The van der Waals surface area contributed by atoms with Crippen LogP contribution in [0.4, 0.5) is 26.3 Å². The number of carbonyl (C=O) groups excluding carboxylic acids is 3. The molecule has 0 amide bonds. The lowest BCUT2D eigenvalue weighted by Gasteiger charge is -2.08. The van der Waals surface area contributed by atoms with Crippen molar-refractivity contribution < 1.29 is 69.6 Å². The quantitative estimate of drug-likeness (QED) is 0.0163. The van der Waals surface area contributed by atoms with Crippen molar-refractivity contribution in [3.05, 3.63) is 199 Å². The highest BCUT2D eigenvalue weighted by atomic mass is 19.2. The van der Waals surface area contributed by atoms with Crippen LogP contribution in [0.5, 0.6) is 0 Å². The van der Waals surface area contributed by atoms with E-state index in [1.54, 1.807) is 20.8 Å². The Balaban J connectivity index is 0.000000457. The van der Waals surface area contributed by atoms with Crippen LogP contribution in [0.1, 0.15) is 65.6 Å². The molecule has 0 unspecified atom stereocenters. The highest BCUT2D eigenvalue weighted by molar-refractivity contribution is 6.14. The molecule has 0 aliphatic rings. The van der Waals surface area contributed by atoms with E-state index in [4.69, 9.17) is 25.1 Å². The highest BCUT2D eigenvalue weighted by Crippen LogP contribution is 2.12. The molecule has 0 aliphatic carbocycles. The second-order valence-corrected chi connectivity index (χ2v) is 12.8. The lowest BCUT2D eigenvalue weighted by molar-refractivity contribution is -0.146. The van der Waals surface area contributed by atoms with Gasteiger partial charge in [0.05, 0.1) is 46.3 Å². The molecule has 3 aromatic carbocycles. The minimum atomic E-state index is -1.33. The van der Waals surface area contributed by atoms with Crippen LogP contribution < -0.4 is 16.9 Å². The summed E-state index contributed by atoms with van der Waals surface area (Å²) in [6.45, 7) is 5.75. The van der Waals surface area contributed by atoms with Gasteiger partial charge in [-0.3, -0.25) is 9.59 Å². The second-order valence-electron chi connectivity index (χ2n) is 12.8. The van der Waals surface area contributed by atoms with Gasteiger partial charge in [-0.1, -0.05) is 25.6 Å². The Hall–Kier alpha value is -7.74. The van der Waals surface area contributed by atoms with E-state index in [0.717, 1.165) is 41.0 Å². The molecular weight excluding hydrogens is 897 g/mol. The van der Waals surface area contributed by atoms with Crippen LogP contribution in [0.3, 0.4) is 0 Å². The summed E-state index contributed by atoms with van der Waals surface area (Å²) in [6.07, 6.45) is 6.89. The molecule has 0 aliphatic heterocycles. The molecule has 0 bridgehead atoms. The van der Waals surface area contributed by atoms with Gasteiger partial charge in [-0.25, -0.2) is 45.5 Å². The Morgan fingerprint density at radius 2 is 1.01 bits per heavy atom. The van der Waals surface area contributed by atoms with E-state index >= 15 is 0 Å². The molecule has 0 radical (unpaired) electrons. The van der Waals surface area contributed by atoms with Gasteiger partial charge in [0.2, 0.25) is 0 Å². The van der Waals surface area contributed by atoms with E-state index in [9.17, 15) is 55.1 Å². The average molecular weight is 946 g/mol. The largest absolute Gasteiger partial charge is 0.504 e. The Labute approximate surface area is 381 Å². The molecular formula is C47H49F6N3O11. The number of carbonyl (C=O) groups is 4. The lowest BCUT2D eigenvalue weighted by atomic mass is 10.2. The van der Waals surface area contributed by atoms with Crippen molar-refractivity contribution >= 4 is 23.9 Å². The fraction of sp³-hybridized carbons (Fsp3) is 0.234. The highest BCUT2D eigenvalue weighted by Gasteiger charge is 2.20. The first-order valence-electron chi connectivity index (χ1n) is 19.5. The van der Waals surface area contributed by atoms with Crippen LogP contribution in [0.2, 0.25) is 0 Å². The van der Waals surface area contributed by atoms with Gasteiger partial charge < -0.3 is 38.9 Å². The third-order valence-electron chi connectivity index (χ3n) is 8.13. The van der Waals surface area contributed by atoms with E-state index in [0.29, 0.717) is 16.7 Å². The molecule has 360 valence electrons. The number of halogens is 6. The van der Waals surface area contributed by atoms with Crippen LogP contribution in [-0.2, 0) is 48.2 Å². The number of esters is 3. The van der Waals surface area contributed by atoms with E-state index < -0.39 is 69.9 Å². The van der Waals surface area contributed by atoms with Crippen molar-refractivity contribution in [2.75, 3.05) is 26.9 Å². The van der Waals surface area contributed by atoms with Crippen molar-refractivity contribution in [3.8, 4) is 0 Å². The van der Waals surface area contributed by atoms with E-state index in [1.165, 1.54) is 84.9 Å². The van der Waals surface area contributed by atoms with Gasteiger partial charge in [0.15, 0.2) is 34.9 Å². The zero-order valence-corrected chi connectivity index (χ0v) is 35.9. The number of aromatic nitrogens is 2. The van der Waals surface area contributed by atoms with Crippen molar-refractivity contribution in [2.45, 2.75) is 47.8 Å². The zero-order chi connectivity index (χ0) is 49.3. The van der Waals surface area contributed by atoms with Crippen LogP contribution in [0.15, 0.2) is 125 Å². The Morgan fingerprint density at radius 3 is 1.40 bits per heavy atom. The van der Waals surface area contributed by atoms with Gasteiger partial charge in [-0.15, -0.1) is 0 Å². The van der Waals surface area contributed by atoms with Crippen molar-refractivity contribution in [2.24, 2.45) is 5.73 Å². The molecule has 14 nitrogen and oxygen atoms in total. The number of nitrogens with two attached hydrogens (primary N) is 1. The van der Waals surface area contributed by atoms with Gasteiger partial charge in [0, 0.05) is 18.9 Å². The number of pyridine rings is 2. The van der Waals surface area contributed by atoms with Crippen LogP contribution in [-0.4, -0.2) is 65.0 Å². The first-order chi connectivity index (χ1) is 31.4. The number of hydrogen-bond donors (Lipinski definition) is 2. The van der Waals surface area contributed by atoms with Gasteiger partial charge in [0.25, 0.3) is 11.1 Å². The molecule has 5 rings (SSSR count). The van der Waals surface area contributed by atoms with E-state index in [1.807, 2.05) is 0 Å². The SMILES string of the molecule is C.CCOC(=O)C(=C/C=C/OC)C(=O)OCC.CCOC(=O)c1cccn(Cc2ccc(F)c(F)c2)c1=O.NCc1ccc(F)c(F)c1.O=C(O)c1cccn(Cc2ccc(F)c(F)c2)c1=O. The van der Waals surface area contributed by atoms with Crippen molar-refractivity contribution in [3.63, 3.8) is 0 Å². The standard InChI is InChI=1S/C15H13F2NO3.C13H9F2NO3.C11H16O5.C7H7F2N.CH4/c1-2-21-15(20)11-4-3-7-18(14(11)19)9-10-5-6-12(16)13(17)8-10;14-10-4-3-8(6-11(10)15)7-16-5-1-2-9(12(16)17)13(18)19;1-4-15-10(12)9(7-6-8-14-3)11(13)16-5-2;8-6-2-1-5(4-10)3-7(6)9;/h3-8H,2,9H2,1H3;1-6H,7H2,(H,18,19);6-8H,4-5H2,1-3H3;1-3H,4,10H2;1H4/b;;8-6+;;. The zero-order valence-electron chi connectivity index (χ0n) is 35.9. The number of aromatic carboxylic acids is 1. The molecule has 0 saturated heterocycles. The number of hydrogen-bond acceptors (Lipinski definition) is 11. The van der Waals surface area contributed by atoms with Crippen LogP contribution in [0, 0.1) is 34.9 Å². The average Bonchev–Trinajstić information content (AvgIpc) is 3.28. The second kappa shape index (κ2) is 29.7. The summed E-state index contributed by atoms with van der Waals surface area (Å²) in [5.74, 6) is -9.06. The van der Waals surface area contributed by atoms with Gasteiger partial charge in [-0.2, -0.15) is 0 Å². The molecule has 0 spiro atoms. The van der Waals surface area contributed by atoms with Crippen molar-refractivity contribution in [1.82, 2.24) is 9.13 Å². The van der Waals surface area contributed by atoms with Gasteiger partial charge in [0.1, 0.15) is 16.7 Å². The number of methoxy groups -OCH3 is 1. The summed E-state index contributed by atoms with van der Waals surface area (Å²) in [5.41, 5.74) is 4.70. The maximum absolute atomic E-state index is 13.2. The van der Waals surface area contributed by atoms with Gasteiger partial charge in [-0.05, 0) is 110 Å². The third kappa shape index (κ3) is 18.7. The maximum Gasteiger partial charge on any atom is 0.345 e. The summed E-state index contributed by atoms with van der Waals surface area (Å²) in [4.78, 5) is 69.1. The molecule has 2 heterocycles. The molecule has 3 N–H and O–H groups in total. The normalized spacial score (nSPS) is 10.0. The lowest BCUT2D eigenvalue weighted by Crippen LogP contribution is -2.27. The maximum atomic E-state index is 13.2. The fourth-order valence-corrected chi connectivity index (χ4v) is 5.04. The number of carboxylic acid groups (broad SMARTS) is 1. The number of allylic oxidation sites excluding steroid dienone is 2. The molecule has 20 heteroatoms. The smallest absolute Gasteiger partial charge is 0.345 e. The predicted molar refractivity (Wildman–Crippen MR) is 234 cm³/mol. The molecule has 5 aromatic rings. The molecule has 0 saturated carbocycles. The van der Waals surface area contributed by atoms with Crippen molar-refractivity contribution in [1.29, 1.82) is 0 Å². The molecule has 67 heavy (non-hydrogen) atoms. The summed E-state index contributed by atoms with van der Waals surface area (Å²) in [5, 5.41) is 8.81. The van der Waals surface area contributed by atoms with E-state index in [2.05, 4.69) is 4.74 Å². The minimum absolute atomic E-state index is 0. The Morgan fingerprint density at radius 1 is 0.612 bits per heavy atom. The van der Waals surface area contributed by atoms with Crippen LogP contribution >= 0.6 is 0 Å². The Kier molecular flexibility index (Phi) is 25.4. The first kappa shape index (κ1) is 57.3. The monoisotopic (exact) mass is 945 g/mol. The topological polar surface area (TPSA) is 195 Å². The molecule has 0 atom stereocenters. The number of benzene rings is 3. The van der Waals surface area contributed by atoms with Gasteiger partial charge >= 0.3 is 23.9 Å². The summed E-state index contributed by atoms with van der Waals surface area (Å²) in [7, 11) is 1.46. The minimum Gasteiger partial charge on any atom is -0.504 e. The number of rotatable bonds is 14. The Bertz CT molecular complexity index is 2610. The number of carboxylic acids is 1. The third-order valence-corrected chi connectivity index (χ3v) is 8.13. The van der Waals surface area contributed by atoms with Crippen LogP contribution in [0.25, 0.3) is 0 Å². The summed E-state index contributed by atoms with van der Waals surface area (Å²) < 4.78 is 97.6. The molecule has 0 fully saturated rings.